The lowest BCUT2D eigenvalue weighted by molar-refractivity contribution is 0.102. The molecule has 18 heavy (non-hydrogen) atoms. The average Bonchev–Trinajstić information content (AvgIpc) is 2.35. The van der Waals surface area contributed by atoms with Crippen molar-refractivity contribution >= 4 is 55.1 Å². The van der Waals surface area contributed by atoms with Crippen LogP contribution in [0.15, 0.2) is 51.4 Å². The Hall–Kier alpha value is -0.840. The average molecular weight is 389 g/mol. The van der Waals surface area contributed by atoms with Crippen molar-refractivity contribution in [3.8, 4) is 0 Å². The van der Waals surface area contributed by atoms with Crippen LogP contribution in [0.1, 0.15) is 10.4 Å². The summed E-state index contributed by atoms with van der Waals surface area (Å²) in [5.41, 5.74) is 1.14. The second-order valence-corrected chi connectivity index (χ2v) is 5.74. The Balaban J connectivity index is 2.28. The standard InChI is InChI=1S/C13H8Br2ClNO/c14-8-5-6-10(15)9(7-8)13(18)17-12-4-2-1-3-11(12)16/h1-7H,(H,17,18). The van der Waals surface area contributed by atoms with Crippen molar-refractivity contribution in [2.24, 2.45) is 0 Å². The lowest BCUT2D eigenvalue weighted by Gasteiger charge is -2.08. The molecule has 0 fully saturated rings. The summed E-state index contributed by atoms with van der Waals surface area (Å²) in [5.74, 6) is -0.212. The van der Waals surface area contributed by atoms with Crippen molar-refractivity contribution in [1.29, 1.82) is 0 Å². The molecule has 0 aliphatic rings. The van der Waals surface area contributed by atoms with Gasteiger partial charge in [-0.25, -0.2) is 0 Å². The first-order chi connectivity index (χ1) is 8.58. The maximum Gasteiger partial charge on any atom is 0.256 e. The van der Waals surface area contributed by atoms with Gasteiger partial charge in [-0.05, 0) is 46.3 Å². The number of carbonyl (C=O) groups excluding carboxylic acids is 1. The maximum atomic E-state index is 12.1. The van der Waals surface area contributed by atoms with Crippen molar-refractivity contribution in [2.45, 2.75) is 0 Å². The van der Waals surface area contributed by atoms with Crippen molar-refractivity contribution in [2.75, 3.05) is 5.32 Å². The molecule has 2 aromatic rings. The minimum absolute atomic E-state index is 0.212. The molecule has 0 saturated carbocycles. The number of hydrogen-bond donors (Lipinski definition) is 1. The Morgan fingerprint density at radius 1 is 1.11 bits per heavy atom. The normalized spacial score (nSPS) is 10.2. The summed E-state index contributed by atoms with van der Waals surface area (Å²) < 4.78 is 1.57. The van der Waals surface area contributed by atoms with E-state index in [0.717, 1.165) is 8.95 Å². The van der Waals surface area contributed by atoms with Gasteiger partial charge in [0.15, 0.2) is 0 Å². The zero-order valence-electron chi connectivity index (χ0n) is 9.08. The fourth-order valence-electron chi connectivity index (χ4n) is 1.42. The van der Waals surface area contributed by atoms with E-state index < -0.39 is 0 Å². The highest BCUT2D eigenvalue weighted by molar-refractivity contribution is 9.11. The van der Waals surface area contributed by atoms with Gasteiger partial charge in [-0.15, -0.1) is 0 Å². The Kier molecular flexibility index (Phi) is 4.43. The lowest BCUT2D eigenvalue weighted by atomic mass is 10.2. The lowest BCUT2D eigenvalue weighted by Crippen LogP contribution is -2.12. The van der Waals surface area contributed by atoms with Gasteiger partial charge < -0.3 is 5.32 Å². The van der Waals surface area contributed by atoms with Crippen LogP contribution in [0, 0.1) is 0 Å². The number of amides is 1. The predicted molar refractivity (Wildman–Crippen MR) is 81.2 cm³/mol. The van der Waals surface area contributed by atoms with Gasteiger partial charge in [-0.3, -0.25) is 4.79 Å². The molecule has 5 heteroatoms. The van der Waals surface area contributed by atoms with E-state index in [1.54, 1.807) is 18.2 Å². The van der Waals surface area contributed by atoms with E-state index in [-0.39, 0.29) is 5.91 Å². The van der Waals surface area contributed by atoms with Crippen molar-refractivity contribution in [3.63, 3.8) is 0 Å². The molecule has 2 nitrogen and oxygen atoms in total. The van der Waals surface area contributed by atoms with E-state index >= 15 is 0 Å². The van der Waals surface area contributed by atoms with Gasteiger partial charge in [0, 0.05) is 8.95 Å². The maximum absolute atomic E-state index is 12.1. The predicted octanol–water partition coefficient (Wildman–Crippen LogP) is 5.12. The highest BCUT2D eigenvalue weighted by Gasteiger charge is 2.11. The Morgan fingerprint density at radius 3 is 2.56 bits per heavy atom. The molecule has 0 bridgehead atoms. The van der Waals surface area contributed by atoms with Crippen LogP contribution in [0.2, 0.25) is 5.02 Å². The van der Waals surface area contributed by atoms with Gasteiger partial charge in [0.25, 0.3) is 5.91 Å². The Labute approximate surface area is 127 Å². The molecule has 0 atom stereocenters. The highest BCUT2D eigenvalue weighted by atomic mass is 79.9. The zero-order valence-corrected chi connectivity index (χ0v) is 13.0. The summed E-state index contributed by atoms with van der Waals surface area (Å²) >= 11 is 12.7. The SMILES string of the molecule is O=C(Nc1ccccc1Cl)c1cc(Br)ccc1Br. The molecular formula is C13H8Br2ClNO. The molecule has 92 valence electrons. The minimum Gasteiger partial charge on any atom is -0.321 e. The number of anilines is 1. The summed E-state index contributed by atoms with van der Waals surface area (Å²) in [6.45, 7) is 0. The number of carbonyl (C=O) groups is 1. The van der Waals surface area contributed by atoms with Crippen LogP contribution >= 0.6 is 43.5 Å². The third-order valence-electron chi connectivity index (χ3n) is 2.30. The van der Waals surface area contributed by atoms with Crippen LogP contribution < -0.4 is 5.32 Å². The number of nitrogens with one attached hydrogen (secondary N) is 1. The first kappa shape index (κ1) is 13.6. The highest BCUT2D eigenvalue weighted by Crippen LogP contribution is 2.25. The van der Waals surface area contributed by atoms with Gasteiger partial charge in [0.1, 0.15) is 0 Å². The number of benzene rings is 2. The molecule has 2 aromatic carbocycles. The second kappa shape index (κ2) is 5.87. The molecule has 0 aromatic heterocycles. The summed E-state index contributed by atoms with van der Waals surface area (Å²) in [7, 11) is 0. The molecule has 0 radical (unpaired) electrons. The fourth-order valence-corrected chi connectivity index (χ4v) is 2.39. The van der Waals surface area contributed by atoms with Crippen LogP contribution in [0.5, 0.6) is 0 Å². The fraction of sp³-hybridized carbons (Fsp3) is 0. The monoisotopic (exact) mass is 387 g/mol. The number of hydrogen-bond acceptors (Lipinski definition) is 1. The molecule has 0 aliphatic carbocycles. The summed E-state index contributed by atoms with van der Waals surface area (Å²) in [4.78, 5) is 12.1. The zero-order chi connectivity index (χ0) is 13.1. The van der Waals surface area contributed by atoms with Crippen LogP contribution in [0.4, 0.5) is 5.69 Å². The number of para-hydroxylation sites is 1. The van der Waals surface area contributed by atoms with Gasteiger partial charge in [0.05, 0.1) is 16.3 Å². The van der Waals surface area contributed by atoms with Gasteiger partial charge in [-0.2, -0.15) is 0 Å². The van der Waals surface area contributed by atoms with Crippen molar-refractivity contribution in [3.05, 3.63) is 62.0 Å². The smallest absolute Gasteiger partial charge is 0.256 e. The van der Waals surface area contributed by atoms with Crippen molar-refractivity contribution < 1.29 is 4.79 Å². The molecule has 0 saturated heterocycles. The topological polar surface area (TPSA) is 29.1 Å². The van der Waals surface area contributed by atoms with E-state index in [0.29, 0.717) is 16.3 Å². The third kappa shape index (κ3) is 3.13. The molecule has 2 rings (SSSR count). The van der Waals surface area contributed by atoms with Gasteiger partial charge in [0.2, 0.25) is 0 Å². The van der Waals surface area contributed by atoms with Crippen LogP contribution in [-0.4, -0.2) is 5.91 Å². The first-order valence-corrected chi connectivity index (χ1v) is 7.05. The number of rotatable bonds is 2. The molecule has 0 aliphatic heterocycles. The molecule has 0 unspecified atom stereocenters. The molecule has 1 N–H and O–H groups in total. The van der Waals surface area contributed by atoms with E-state index in [1.807, 2.05) is 24.3 Å². The van der Waals surface area contributed by atoms with E-state index in [9.17, 15) is 4.79 Å². The molecular weight excluding hydrogens is 381 g/mol. The molecule has 1 amide bonds. The minimum atomic E-state index is -0.212. The van der Waals surface area contributed by atoms with Crippen molar-refractivity contribution in [1.82, 2.24) is 0 Å². The van der Waals surface area contributed by atoms with E-state index in [1.165, 1.54) is 0 Å². The van der Waals surface area contributed by atoms with E-state index in [2.05, 4.69) is 37.2 Å². The second-order valence-electron chi connectivity index (χ2n) is 3.56. The summed E-state index contributed by atoms with van der Waals surface area (Å²) in [6, 6.07) is 12.5. The van der Waals surface area contributed by atoms with Gasteiger partial charge >= 0.3 is 0 Å². The van der Waals surface area contributed by atoms with Crippen LogP contribution in [0.25, 0.3) is 0 Å². The van der Waals surface area contributed by atoms with Crippen LogP contribution in [-0.2, 0) is 0 Å². The van der Waals surface area contributed by atoms with E-state index in [4.69, 9.17) is 11.6 Å². The third-order valence-corrected chi connectivity index (χ3v) is 3.81. The Morgan fingerprint density at radius 2 is 1.83 bits per heavy atom. The summed E-state index contributed by atoms with van der Waals surface area (Å²) in [6.07, 6.45) is 0. The summed E-state index contributed by atoms with van der Waals surface area (Å²) in [5, 5.41) is 3.28. The largest absolute Gasteiger partial charge is 0.321 e. The first-order valence-electron chi connectivity index (χ1n) is 5.09. The molecule has 0 spiro atoms. The Bertz CT molecular complexity index is 601. The quantitative estimate of drug-likeness (QED) is 0.759. The van der Waals surface area contributed by atoms with Crippen LogP contribution in [0.3, 0.4) is 0 Å². The number of halogens is 3. The van der Waals surface area contributed by atoms with Gasteiger partial charge in [-0.1, -0.05) is 39.7 Å². The molecule has 0 heterocycles.